The highest BCUT2D eigenvalue weighted by atomic mass is 35.5. The summed E-state index contributed by atoms with van der Waals surface area (Å²) in [5.41, 5.74) is 4.54. The van der Waals surface area contributed by atoms with E-state index < -0.39 is 155 Å². The quantitative estimate of drug-likeness (QED) is 0.0230. The molecule has 0 saturated heterocycles. The fourth-order valence-corrected chi connectivity index (χ4v) is 18.7. The highest BCUT2D eigenvalue weighted by Gasteiger charge is 2.68. The average molecular weight is 2090 g/mol. The van der Waals surface area contributed by atoms with Crippen molar-refractivity contribution in [2.75, 3.05) is 0 Å². The van der Waals surface area contributed by atoms with E-state index in [1.165, 1.54) is 66.7 Å². The second-order valence-corrected chi connectivity index (χ2v) is 37.1. The van der Waals surface area contributed by atoms with Gasteiger partial charge in [0.25, 0.3) is 5.69 Å². The van der Waals surface area contributed by atoms with Gasteiger partial charge in [-0.1, -0.05) is 241 Å². The topological polar surface area (TPSA) is 499 Å². The second-order valence-electron chi connectivity index (χ2n) is 32.6. The molecule has 730 valence electrons. The third-order valence-electron chi connectivity index (χ3n) is 24.0. The van der Waals surface area contributed by atoms with Crippen molar-refractivity contribution >= 4 is 109 Å². The number of benzene rings is 13. The summed E-state index contributed by atoms with van der Waals surface area (Å²) >= 11 is 49.4. The van der Waals surface area contributed by atoms with Gasteiger partial charge in [0.05, 0.1) is 52.2 Å². The number of aliphatic hydroxyl groups is 7. The van der Waals surface area contributed by atoms with E-state index >= 15 is 0 Å². The summed E-state index contributed by atoms with van der Waals surface area (Å²) in [6.07, 6.45) is -17.7. The largest absolute Gasteiger partial charge is 0.476 e. The first kappa shape index (κ1) is 103. The molecule has 6 aliphatic rings. The van der Waals surface area contributed by atoms with Crippen LogP contribution in [0.2, 0.25) is 10.0 Å². The predicted octanol–water partition coefficient (Wildman–Crippen LogP) is 21.1. The number of aryl methyl sites for hydroxylation is 2. The highest BCUT2D eigenvalue weighted by molar-refractivity contribution is 6.32. The average Bonchev–Trinajstić information content (AvgIpc) is 0.769. The van der Waals surface area contributed by atoms with Gasteiger partial charge >= 0.3 is 30.0 Å². The Morgan fingerprint density at radius 2 is 0.610 bits per heavy atom. The van der Waals surface area contributed by atoms with Gasteiger partial charge in [0.15, 0.2) is 36.6 Å². The van der Waals surface area contributed by atoms with E-state index in [9.17, 15) is 115 Å². The van der Waals surface area contributed by atoms with E-state index in [-0.39, 0.29) is 67.9 Å². The zero-order chi connectivity index (χ0) is 102. The summed E-state index contributed by atoms with van der Waals surface area (Å²) in [5.74, 6) is -0.494. The number of aliphatic hydroxyl groups excluding tert-OH is 7. The van der Waals surface area contributed by atoms with Crippen LogP contribution in [-0.2, 0) is 6.61 Å². The van der Waals surface area contributed by atoms with Gasteiger partial charge < -0.3 is 64.2 Å². The lowest BCUT2D eigenvalue weighted by molar-refractivity contribution is -0.571. The lowest BCUT2D eigenvalue weighted by Crippen LogP contribution is -2.49. The van der Waals surface area contributed by atoms with Crippen LogP contribution in [0.25, 0.3) is 10.8 Å². The zero-order valence-electron chi connectivity index (χ0n) is 72.6. The van der Waals surface area contributed by atoms with Crippen LogP contribution in [0.5, 0.6) is 34.5 Å². The van der Waals surface area contributed by atoms with Crippen LogP contribution in [0.1, 0.15) is 157 Å². The third-order valence-corrected chi connectivity index (χ3v) is 27.9. The van der Waals surface area contributed by atoms with Gasteiger partial charge in [-0.2, -0.15) is 0 Å². The number of nitro groups is 7. The van der Waals surface area contributed by atoms with Crippen molar-refractivity contribution in [2.45, 2.75) is 124 Å². The molecule has 0 unspecified atom stereocenters. The summed E-state index contributed by atoms with van der Waals surface area (Å²) in [4.78, 5) is 61.5. The van der Waals surface area contributed by atoms with E-state index in [2.05, 4.69) is 0 Å². The SMILES string of the molecule is Cc1ccc([C@@H]2Oc3cc(CO)ccc3[C@H](O)[C@@]2(Cl)[N+](=O)[O-])cc1.Cc1ccc([C@@H]2Oc3ccc(Cl)cc3[C@H](O)[C@@]2(Cl)[N+](=O)[O-])cc1.O=[N+]([O-])[C@]1(Cl)[C@@H](O)c2ccccc2O[C@H]1c1c(F)cccc1F.O=[N+]([O-])[C@]1(Cl)[C@@H](O)c2ccccc2O[C@H]1c1ccc2ccccc2c1.O=[N+]([O-])[C@]1(Cl)[C@@H](O)c2ccccc2O[C@H]1c1ccccc1Cl.O=[N+]([O-])c1ccccc1[C@@H]1Oc2ccccc2[C@H](O)[C@@]1(Cl)[N+](=O)[O-]. The molecule has 141 heavy (non-hydrogen) atoms. The van der Waals surface area contributed by atoms with Crippen LogP contribution in [0.4, 0.5) is 14.5 Å². The number of ether oxygens (including phenoxy) is 6. The van der Waals surface area contributed by atoms with Crippen LogP contribution in [0.3, 0.4) is 0 Å². The molecule has 34 nitrogen and oxygen atoms in total. The molecule has 6 aliphatic heterocycles. The maximum atomic E-state index is 14.1. The van der Waals surface area contributed by atoms with E-state index in [1.807, 2.05) is 44.2 Å². The van der Waals surface area contributed by atoms with E-state index in [1.54, 1.807) is 176 Å². The van der Waals surface area contributed by atoms with Gasteiger partial charge in [-0.05, 0) is 179 Å². The fraction of sp³-hybridized carbons (Fsp3) is 0.216. The number of halogens is 10. The smallest absolute Gasteiger partial charge is 0.365 e. The molecule has 13 aromatic carbocycles. The third kappa shape index (κ3) is 19.4. The Morgan fingerprint density at radius 1 is 0.298 bits per heavy atom. The summed E-state index contributed by atoms with van der Waals surface area (Å²) in [6, 6.07) is 76.5. The number of alkyl halides is 6. The predicted molar refractivity (Wildman–Crippen MR) is 510 cm³/mol. The van der Waals surface area contributed by atoms with E-state index in [4.69, 9.17) is 121 Å². The first-order chi connectivity index (χ1) is 66.9. The first-order valence-electron chi connectivity index (χ1n) is 41.9. The Kier molecular flexibility index (Phi) is 30.7. The molecular weight excluding hydrogens is 2020 g/mol. The Bertz CT molecular complexity index is 6970. The number of nitrogens with zero attached hydrogens (tertiary/aromatic N) is 7. The van der Waals surface area contributed by atoms with Gasteiger partial charge in [0.2, 0.25) is 36.6 Å². The van der Waals surface area contributed by atoms with Crippen molar-refractivity contribution in [1.82, 2.24) is 0 Å². The molecular formula is C97H75Cl8F2N7O27. The highest BCUT2D eigenvalue weighted by Crippen LogP contribution is 2.60. The summed E-state index contributed by atoms with van der Waals surface area (Å²) in [6.45, 7) is 3.59. The summed E-state index contributed by atoms with van der Waals surface area (Å²) < 4.78 is 62.3. The molecule has 0 spiro atoms. The van der Waals surface area contributed by atoms with Crippen LogP contribution < -0.4 is 28.4 Å². The molecule has 0 saturated carbocycles. The van der Waals surface area contributed by atoms with Crippen molar-refractivity contribution in [2.24, 2.45) is 0 Å². The van der Waals surface area contributed by atoms with Crippen LogP contribution >= 0.6 is 92.8 Å². The number of nitro benzene ring substituents is 1. The lowest BCUT2D eigenvalue weighted by atomic mass is 9.89. The molecule has 13 aromatic rings. The molecule has 0 radical (unpaired) electrons. The van der Waals surface area contributed by atoms with Crippen molar-refractivity contribution in [3.8, 4) is 34.5 Å². The molecule has 0 amide bonds. The minimum absolute atomic E-state index is 0.0748. The maximum absolute atomic E-state index is 14.1. The lowest BCUT2D eigenvalue weighted by Gasteiger charge is -2.37. The van der Waals surface area contributed by atoms with Crippen LogP contribution in [-0.4, -0.2) is 100 Å². The molecule has 7 N–H and O–H groups in total. The molecule has 6 heterocycles. The maximum Gasteiger partial charge on any atom is 0.365 e. The van der Waals surface area contributed by atoms with Crippen LogP contribution in [0, 0.1) is 96.3 Å². The monoisotopic (exact) mass is 2090 g/mol. The van der Waals surface area contributed by atoms with Crippen LogP contribution in [0.15, 0.2) is 291 Å². The molecule has 0 aliphatic carbocycles. The van der Waals surface area contributed by atoms with E-state index in [0.29, 0.717) is 55.7 Å². The van der Waals surface area contributed by atoms with Gasteiger partial charge in [0, 0.05) is 71.7 Å². The van der Waals surface area contributed by atoms with Gasteiger partial charge in [-0.15, -0.1) is 0 Å². The minimum Gasteiger partial charge on any atom is -0.476 e. The van der Waals surface area contributed by atoms with Crippen molar-refractivity contribution in [3.63, 3.8) is 0 Å². The molecule has 0 bridgehead atoms. The Hall–Kier alpha value is -13.4. The molecule has 19 rings (SSSR count). The van der Waals surface area contributed by atoms with Gasteiger partial charge in [-0.25, -0.2) is 8.78 Å². The fourth-order valence-electron chi connectivity index (χ4n) is 16.6. The second kappa shape index (κ2) is 41.8. The van der Waals surface area contributed by atoms with Gasteiger partial charge in [0.1, 0.15) is 46.1 Å². The zero-order valence-corrected chi connectivity index (χ0v) is 78.6. The van der Waals surface area contributed by atoms with Crippen molar-refractivity contribution in [3.05, 3.63) is 467 Å². The number of fused-ring (bicyclic) bond motifs is 7. The molecule has 18 atom stereocenters. The normalized spacial score (nSPS) is 25.9. The Morgan fingerprint density at radius 3 is 1.02 bits per heavy atom. The number of rotatable bonds is 14. The standard InChI is InChI=1S/C19H14ClNO4.C17H16ClNO5.C16H13Cl2NO4.C15H11Cl2NO4.C15H10ClF2NO4.C15H11ClN2O6/c20-19(21(23)24)17(22)15-7-3-4-8-16(15)25-18(19)14-10-9-12-5-1-2-6-13(12)11-14;1-10-2-5-12(6-3-10)16-17(18,19(22)23)15(21)13-7-4-11(9-20)8-14(13)24-16;1-9-2-4-10(5-3-9)15-16(18,19(21)22)14(20)12-8-11(17)6-7-13(12)23-15;16-11-7-3-1-5-9(11)14-15(17,18(20)21)13(19)10-6-2-4-8-12(10)22-14;16-15(19(21)22)13(20)8-4-1-2-7-11(8)23-14(15)12-9(17)5-3-6-10(12)18;16-15(18(22)23)13(19)10-6-2-4-8-12(10)24-14(15)9-5-1-3-7-11(9)17(20)21/h1-11,17-18,22H;2-8,15-16,20-21H,9H2,1H3;2-8,14-15,20H,1H3;1-8,13-14,19H;1-7,13-14,20H;1-8,13-14,19H/t17-,18-,19+;15-,16-,17+;14-,15-,16+;3*13-,14-,15+/m000000/s1. The summed E-state index contributed by atoms with van der Waals surface area (Å²) in [5, 5.41) is 156. The Balaban J connectivity index is 0.000000135. The number of hydrogen-bond acceptors (Lipinski definition) is 27. The van der Waals surface area contributed by atoms with Crippen molar-refractivity contribution < 1.29 is 107 Å². The minimum atomic E-state index is -2.67. The first-order valence-corrected chi connectivity index (χ1v) is 45.0. The van der Waals surface area contributed by atoms with E-state index in [0.717, 1.165) is 40.1 Å². The number of para-hydroxylation sites is 5. The summed E-state index contributed by atoms with van der Waals surface area (Å²) in [7, 11) is 0. The Labute approximate surface area is 836 Å². The number of hydrogen-bond donors (Lipinski definition) is 7. The van der Waals surface area contributed by atoms with Crippen molar-refractivity contribution in [1.29, 1.82) is 0 Å². The molecule has 0 fully saturated rings. The van der Waals surface area contributed by atoms with Gasteiger partial charge in [-0.3, -0.25) is 70.8 Å². The molecule has 0 aromatic heterocycles. The molecule has 44 heteroatoms.